The molecule has 3 aliphatic rings. The van der Waals surface area contributed by atoms with E-state index in [1.807, 2.05) is 19.1 Å². The number of nitrogens with one attached hydrogen (secondary N) is 1. The third-order valence-electron chi connectivity index (χ3n) is 6.01. The van der Waals surface area contributed by atoms with Gasteiger partial charge in [-0.3, -0.25) is 9.59 Å². The number of nitrogens with zero attached hydrogens (tertiary/aromatic N) is 1. The molecule has 0 bridgehead atoms. The predicted octanol–water partition coefficient (Wildman–Crippen LogP) is 3.68. The van der Waals surface area contributed by atoms with Crippen LogP contribution in [0.4, 0.5) is 11.4 Å². The van der Waals surface area contributed by atoms with Crippen molar-refractivity contribution in [3.05, 3.63) is 64.7 Å². The van der Waals surface area contributed by atoms with E-state index in [1.165, 1.54) is 18.9 Å². The minimum absolute atomic E-state index is 0.118. The van der Waals surface area contributed by atoms with E-state index in [-0.39, 0.29) is 22.3 Å². The highest BCUT2D eigenvalue weighted by molar-refractivity contribution is 7.94. The van der Waals surface area contributed by atoms with Crippen LogP contribution in [0, 0.1) is 18.8 Å². The molecule has 154 valence electrons. The first-order valence-corrected chi connectivity index (χ1v) is 11.7. The Labute approximate surface area is 175 Å². The number of carbonyl (C=O) groups excluding carboxylic acids is 2. The molecule has 7 heteroatoms. The van der Waals surface area contributed by atoms with Gasteiger partial charge in [0.05, 0.1) is 21.7 Å². The van der Waals surface area contributed by atoms with Crippen LogP contribution in [0.1, 0.15) is 35.2 Å². The quantitative estimate of drug-likeness (QED) is 0.760. The maximum absolute atomic E-state index is 13.5. The Morgan fingerprint density at radius 2 is 1.87 bits per heavy atom. The van der Waals surface area contributed by atoms with Gasteiger partial charge >= 0.3 is 0 Å². The monoisotopic (exact) mass is 422 g/mol. The Kier molecular flexibility index (Phi) is 4.32. The fourth-order valence-electron chi connectivity index (χ4n) is 4.22. The number of carbonyl (C=O) groups is 2. The van der Waals surface area contributed by atoms with Gasteiger partial charge < -0.3 is 10.2 Å². The normalized spacial score (nSPS) is 22.1. The number of benzene rings is 2. The summed E-state index contributed by atoms with van der Waals surface area (Å²) in [5.74, 6) is -1.30. The number of para-hydroxylation sites is 1. The Morgan fingerprint density at radius 3 is 2.63 bits per heavy atom. The van der Waals surface area contributed by atoms with Crippen LogP contribution < -0.4 is 10.2 Å². The van der Waals surface area contributed by atoms with Crippen molar-refractivity contribution in [1.82, 2.24) is 0 Å². The molecule has 1 saturated carbocycles. The Bertz CT molecular complexity index is 1210. The molecule has 1 N–H and O–H groups in total. The van der Waals surface area contributed by atoms with Gasteiger partial charge in [-0.25, -0.2) is 8.42 Å². The van der Waals surface area contributed by atoms with Crippen LogP contribution in [0.15, 0.2) is 58.5 Å². The van der Waals surface area contributed by atoms with E-state index in [0.29, 0.717) is 29.4 Å². The number of sulfone groups is 1. The highest BCUT2D eigenvalue weighted by atomic mass is 32.2. The third kappa shape index (κ3) is 3.13. The van der Waals surface area contributed by atoms with Crippen molar-refractivity contribution in [3.8, 4) is 0 Å². The largest absolute Gasteiger partial charge is 0.356 e. The molecule has 2 heterocycles. The lowest BCUT2D eigenvalue weighted by Crippen LogP contribution is -2.47. The number of aryl methyl sites for hydroxylation is 1. The summed E-state index contributed by atoms with van der Waals surface area (Å²) < 4.78 is 25.6. The van der Waals surface area contributed by atoms with Crippen molar-refractivity contribution in [2.45, 2.75) is 31.1 Å². The first kappa shape index (κ1) is 19.1. The second-order valence-electron chi connectivity index (χ2n) is 8.28. The molecule has 1 atom stereocenters. The van der Waals surface area contributed by atoms with Crippen LogP contribution in [0.5, 0.6) is 0 Å². The van der Waals surface area contributed by atoms with Gasteiger partial charge in [-0.2, -0.15) is 0 Å². The van der Waals surface area contributed by atoms with Gasteiger partial charge in [0.25, 0.3) is 0 Å². The van der Waals surface area contributed by atoms with Crippen molar-refractivity contribution in [1.29, 1.82) is 0 Å². The number of rotatable bonds is 4. The molecule has 0 aromatic heterocycles. The molecule has 1 amide bonds. The van der Waals surface area contributed by atoms with Crippen molar-refractivity contribution in [3.63, 3.8) is 0 Å². The van der Waals surface area contributed by atoms with Crippen molar-refractivity contribution >= 4 is 32.9 Å². The maximum Gasteiger partial charge on any atom is 0.244 e. The molecule has 0 saturated heterocycles. The van der Waals surface area contributed by atoms with Crippen LogP contribution in [0.2, 0.25) is 0 Å². The molecule has 1 fully saturated rings. The molecule has 0 radical (unpaired) electrons. The summed E-state index contributed by atoms with van der Waals surface area (Å²) in [6.45, 7) is 2.42. The number of hydrogen-bond donors (Lipinski definition) is 1. The summed E-state index contributed by atoms with van der Waals surface area (Å²) in [4.78, 5) is 28.6. The molecular formula is C23H22N2O4S. The number of ketones is 1. The second-order valence-corrected chi connectivity index (χ2v) is 10.0. The zero-order valence-electron chi connectivity index (χ0n) is 16.6. The summed E-state index contributed by atoms with van der Waals surface area (Å²) in [6, 6.07) is 12.0. The molecule has 6 nitrogen and oxygen atoms in total. The summed E-state index contributed by atoms with van der Waals surface area (Å²) in [7, 11) is -3.75. The highest BCUT2D eigenvalue weighted by Crippen LogP contribution is 2.40. The lowest BCUT2D eigenvalue weighted by atomic mass is 9.87. The van der Waals surface area contributed by atoms with Gasteiger partial charge in [-0.15, -0.1) is 0 Å². The van der Waals surface area contributed by atoms with E-state index >= 15 is 0 Å². The lowest BCUT2D eigenvalue weighted by molar-refractivity contribution is -0.120. The van der Waals surface area contributed by atoms with E-state index in [9.17, 15) is 18.0 Å². The summed E-state index contributed by atoms with van der Waals surface area (Å²) in [5.41, 5.74) is 2.50. The first-order chi connectivity index (χ1) is 14.3. The Morgan fingerprint density at radius 1 is 1.10 bits per heavy atom. The van der Waals surface area contributed by atoms with Gasteiger partial charge in [-0.1, -0.05) is 36.6 Å². The molecule has 1 aliphatic carbocycles. The molecule has 0 spiro atoms. The standard InChI is InChI=1S/C23H22N2O4S/c1-14-6-9-19-16(12-14)22(26)21(23(27)25(19)11-10-15-7-8-15)18-13-30(28,29)20-5-3-2-4-17(20)24-18/h2-6,9,12-13,15,21,24H,7-8,10-11H2,1H3. The average Bonchev–Trinajstić information content (AvgIpc) is 3.52. The Balaban J connectivity index is 1.59. The van der Waals surface area contributed by atoms with Crippen LogP contribution in [-0.4, -0.2) is 26.7 Å². The first-order valence-electron chi connectivity index (χ1n) is 10.1. The molecule has 5 rings (SSSR count). The van der Waals surface area contributed by atoms with Crippen molar-refractivity contribution in [2.75, 3.05) is 16.8 Å². The van der Waals surface area contributed by atoms with E-state index in [1.54, 1.807) is 29.2 Å². The zero-order valence-corrected chi connectivity index (χ0v) is 17.4. The minimum atomic E-state index is -3.75. The average molecular weight is 423 g/mol. The van der Waals surface area contributed by atoms with E-state index in [4.69, 9.17) is 0 Å². The van der Waals surface area contributed by atoms with Gasteiger partial charge in [0.15, 0.2) is 5.78 Å². The van der Waals surface area contributed by atoms with Crippen molar-refractivity contribution in [2.24, 2.45) is 11.8 Å². The third-order valence-corrected chi connectivity index (χ3v) is 7.54. The highest BCUT2D eigenvalue weighted by Gasteiger charge is 2.44. The molecule has 2 aliphatic heterocycles. The number of anilines is 2. The second kappa shape index (κ2) is 6.80. The van der Waals surface area contributed by atoms with Crippen molar-refractivity contribution < 1.29 is 18.0 Å². The summed E-state index contributed by atoms with van der Waals surface area (Å²) in [6.07, 6.45) is 3.23. The van der Waals surface area contributed by atoms with E-state index in [0.717, 1.165) is 17.4 Å². The summed E-state index contributed by atoms with van der Waals surface area (Å²) in [5, 5.41) is 4.08. The predicted molar refractivity (Wildman–Crippen MR) is 114 cm³/mol. The van der Waals surface area contributed by atoms with Crippen LogP contribution >= 0.6 is 0 Å². The van der Waals surface area contributed by atoms with Crippen LogP contribution in [-0.2, 0) is 14.6 Å². The van der Waals surface area contributed by atoms with E-state index in [2.05, 4.69) is 5.32 Å². The lowest BCUT2D eigenvalue weighted by Gasteiger charge is -2.35. The van der Waals surface area contributed by atoms with Gasteiger partial charge in [0.2, 0.25) is 15.7 Å². The van der Waals surface area contributed by atoms with Gasteiger partial charge in [0.1, 0.15) is 5.92 Å². The minimum Gasteiger partial charge on any atom is -0.356 e. The zero-order chi connectivity index (χ0) is 21.0. The molecular weight excluding hydrogens is 400 g/mol. The number of Topliss-reactive ketones (excluding diaryl/α,β-unsaturated/α-hetero) is 1. The molecule has 30 heavy (non-hydrogen) atoms. The van der Waals surface area contributed by atoms with E-state index < -0.39 is 15.8 Å². The molecule has 2 aromatic carbocycles. The van der Waals surface area contributed by atoms with Crippen LogP contribution in [0.25, 0.3) is 0 Å². The summed E-state index contributed by atoms with van der Waals surface area (Å²) >= 11 is 0. The molecule has 1 unspecified atom stereocenters. The smallest absolute Gasteiger partial charge is 0.244 e. The molecule has 2 aromatic rings. The van der Waals surface area contributed by atoms with Gasteiger partial charge in [-0.05, 0) is 43.5 Å². The fourth-order valence-corrected chi connectivity index (χ4v) is 5.57. The number of hydrogen-bond acceptors (Lipinski definition) is 5. The Hall–Kier alpha value is -2.93. The van der Waals surface area contributed by atoms with Crippen LogP contribution in [0.3, 0.4) is 0 Å². The number of fused-ring (bicyclic) bond motifs is 2. The van der Waals surface area contributed by atoms with Gasteiger partial charge in [0, 0.05) is 17.8 Å². The topological polar surface area (TPSA) is 83.5 Å². The maximum atomic E-state index is 13.5. The number of amides is 1. The fraction of sp³-hybridized carbons (Fsp3) is 0.304. The SMILES string of the molecule is Cc1ccc2c(c1)C(=O)C(C1=CS(=O)(=O)c3ccccc3N1)C(=O)N2CCC1CC1.